The van der Waals surface area contributed by atoms with Crippen LogP contribution in [0.1, 0.15) is 31.4 Å². The number of hydrogen-bond acceptors (Lipinski definition) is 4. The van der Waals surface area contributed by atoms with E-state index in [1.165, 1.54) is 23.5 Å². The molecule has 0 unspecified atom stereocenters. The zero-order valence-corrected chi connectivity index (χ0v) is 17.0. The normalized spacial score (nSPS) is 12.3. The average Bonchev–Trinajstić information content (AvgIpc) is 2.64. The van der Waals surface area contributed by atoms with Crippen LogP contribution < -0.4 is 14.4 Å². The van der Waals surface area contributed by atoms with Crippen LogP contribution >= 0.6 is 0 Å². The summed E-state index contributed by atoms with van der Waals surface area (Å²) in [4.78, 5) is 12.2. The minimum Gasteiger partial charge on any atom is -0.495 e. The predicted molar refractivity (Wildman–Crippen MR) is 107 cm³/mol. The van der Waals surface area contributed by atoms with Crippen molar-refractivity contribution in [1.29, 1.82) is 0 Å². The van der Waals surface area contributed by atoms with Gasteiger partial charge in [-0.3, -0.25) is 9.10 Å². The standard InChI is InChI=1S/C20H25FN2O4S/c1-15(16-10-12-17(21)13-11-16)22-20(24)9-6-14-23(28(3,25)26)18-7-4-5-8-19(18)27-2/h4-5,7-8,10-13,15H,6,9,14H2,1-3H3,(H,22,24)/t15-/m1/s1. The highest BCUT2D eigenvalue weighted by Crippen LogP contribution is 2.29. The lowest BCUT2D eigenvalue weighted by Gasteiger charge is -2.24. The van der Waals surface area contributed by atoms with Gasteiger partial charge in [0.2, 0.25) is 15.9 Å². The van der Waals surface area contributed by atoms with Gasteiger partial charge in [0.05, 0.1) is 25.1 Å². The van der Waals surface area contributed by atoms with Crippen LogP contribution in [-0.2, 0) is 14.8 Å². The third kappa shape index (κ3) is 5.95. The van der Waals surface area contributed by atoms with Crippen molar-refractivity contribution in [1.82, 2.24) is 5.32 Å². The van der Waals surface area contributed by atoms with E-state index in [9.17, 15) is 17.6 Å². The van der Waals surface area contributed by atoms with Crippen LogP contribution in [0.15, 0.2) is 48.5 Å². The van der Waals surface area contributed by atoms with Crippen molar-refractivity contribution in [2.75, 3.05) is 24.2 Å². The van der Waals surface area contributed by atoms with Gasteiger partial charge in [0.1, 0.15) is 11.6 Å². The predicted octanol–water partition coefficient (Wildman–Crippen LogP) is 3.26. The molecule has 1 atom stereocenters. The number of carbonyl (C=O) groups is 1. The van der Waals surface area contributed by atoms with E-state index in [4.69, 9.17) is 4.74 Å². The molecule has 2 aromatic rings. The second-order valence-electron chi connectivity index (χ2n) is 6.45. The number of nitrogens with one attached hydrogen (secondary N) is 1. The van der Waals surface area contributed by atoms with E-state index < -0.39 is 10.0 Å². The molecule has 8 heteroatoms. The van der Waals surface area contributed by atoms with E-state index in [0.717, 1.165) is 11.8 Å². The Morgan fingerprint density at radius 3 is 2.43 bits per heavy atom. The largest absolute Gasteiger partial charge is 0.495 e. The molecule has 0 aliphatic rings. The lowest BCUT2D eigenvalue weighted by atomic mass is 10.1. The number of amides is 1. The van der Waals surface area contributed by atoms with Crippen LogP contribution in [0, 0.1) is 5.82 Å². The van der Waals surface area contributed by atoms with Crippen molar-refractivity contribution in [3.8, 4) is 5.75 Å². The molecule has 0 aliphatic carbocycles. The number of halogens is 1. The topological polar surface area (TPSA) is 75.7 Å². The first-order valence-electron chi connectivity index (χ1n) is 8.88. The number of para-hydroxylation sites is 2. The van der Waals surface area contributed by atoms with E-state index in [1.54, 1.807) is 36.4 Å². The number of nitrogens with zero attached hydrogens (tertiary/aromatic N) is 1. The fourth-order valence-electron chi connectivity index (χ4n) is 2.83. The SMILES string of the molecule is COc1ccccc1N(CCCC(=O)N[C@H](C)c1ccc(F)cc1)S(C)(=O)=O. The second-order valence-corrected chi connectivity index (χ2v) is 8.36. The number of methoxy groups -OCH3 is 1. The Bertz CT molecular complexity index is 901. The summed E-state index contributed by atoms with van der Waals surface area (Å²) < 4.78 is 43.9. The lowest BCUT2D eigenvalue weighted by molar-refractivity contribution is -0.121. The first-order chi connectivity index (χ1) is 13.2. The highest BCUT2D eigenvalue weighted by molar-refractivity contribution is 7.92. The quantitative estimate of drug-likeness (QED) is 0.691. The van der Waals surface area contributed by atoms with Gasteiger partial charge in [0.25, 0.3) is 0 Å². The Hall–Kier alpha value is -2.61. The zero-order valence-electron chi connectivity index (χ0n) is 16.2. The average molecular weight is 408 g/mol. The van der Waals surface area contributed by atoms with Crippen LogP contribution in [0.3, 0.4) is 0 Å². The maximum Gasteiger partial charge on any atom is 0.232 e. The molecule has 2 rings (SSSR count). The van der Waals surface area contributed by atoms with E-state index in [2.05, 4.69) is 5.32 Å². The van der Waals surface area contributed by atoms with Gasteiger partial charge >= 0.3 is 0 Å². The molecule has 28 heavy (non-hydrogen) atoms. The Labute approximate surface area is 165 Å². The van der Waals surface area contributed by atoms with Gasteiger partial charge in [-0.15, -0.1) is 0 Å². The molecular formula is C20H25FN2O4S. The third-order valence-corrected chi connectivity index (χ3v) is 5.45. The highest BCUT2D eigenvalue weighted by Gasteiger charge is 2.21. The second kappa shape index (κ2) is 9.54. The number of hydrogen-bond donors (Lipinski definition) is 1. The van der Waals surface area contributed by atoms with Crippen molar-refractivity contribution in [2.24, 2.45) is 0 Å². The Kier molecular flexibility index (Phi) is 7.39. The molecule has 0 aliphatic heterocycles. The number of sulfonamides is 1. The Morgan fingerprint density at radius 1 is 1.18 bits per heavy atom. The van der Waals surface area contributed by atoms with E-state index in [1.807, 2.05) is 6.92 Å². The zero-order chi connectivity index (χ0) is 20.7. The summed E-state index contributed by atoms with van der Waals surface area (Å²) in [6, 6.07) is 12.5. The third-order valence-electron chi connectivity index (χ3n) is 4.27. The number of anilines is 1. The van der Waals surface area contributed by atoms with Gasteiger partial charge in [-0.1, -0.05) is 24.3 Å². The summed E-state index contributed by atoms with van der Waals surface area (Å²) in [5, 5.41) is 2.84. The van der Waals surface area contributed by atoms with Crippen LogP contribution in [0.4, 0.5) is 10.1 Å². The van der Waals surface area contributed by atoms with Gasteiger partial charge in [0, 0.05) is 13.0 Å². The molecule has 1 N–H and O–H groups in total. The summed E-state index contributed by atoms with van der Waals surface area (Å²) in [5.41, 5.74) is 1.23. The number of benzene rings is 2. The summed E-state index contributed by atoms with van der Waals surface area (Å²) in [6.07, 6.45) is 1.62. The summed E-state index contributed by atoms with van der Waals surface area (Å²) in [7, 11) is -2.06. The molecule has 0 bridgehead atoms. The Morgan fingerprint density at radius 2 is 1.82 bits per heavy atom. The van der Waals surface area contributed by atoms with Crippen molar-refractivity contribution in [3.63, 3.8) is 0 Å². The molecule has 0 radical (unpaired) electrons. The number of rotatable bonds is 9. The molecule has 1 amide bonds. The molecule has 0 spiro atoms. The maximum atomic E-state index is 13.0. The van der Waals surface area contributed by atoms with Crippen molar-refractivity contribution >= 4 is 21.6 Å². The molecular weight excluding hydrogens is 383 g/mol. The molecule has 0 saturated heterocycles. The van der Waals surface area contributed by atoms with Crippen molar-refractivity contribution in [3.05, 3.63) is 59.9 Å². The van der Waals surface area contributed by atoms with Gasteiger partial charge in [-0.25, -0.2) is 12.8 Å². The van der Waals surface area contributed by atoms with Crippen molar-refractivity contribution < 1.29 is 22.3 Å². The maximum absolute atomic E-state index is 13.0. The molecule has 0 heterocycles. The monoisotopic (exact) mass is 408 g/mol. The van der Waals surface area contributed by atoms with Gasteiger partial charge < -0.3 is 10.1 Å². The van der Waals surface area contributed by atoms with E-state index in [0.29, 0.717) is 17.9 Å². The molecule has 0 aromatic heterocycles. The summed E-state index contributed by atoms with van der Waals surface area (Å²) in [6.45, 7) is 1.96. The highest BCUT2D eigenvalue weighted by atomic mass is 32.2. The van der Waals surface area contributed by atoms with Gasteiger partial charge in [-0.05, 0) is 43.2 Å². The van der Waals surface area contributed by atoms with Crippen LogP contribution in [0.2, 0.25) is 0 Å². The lowest BCUT2D eigenvalue weighted by Crippen LogP contribution is -2.32. The molecule has 152 valence electrons. The number of carbonyl (C=O) groups excluding carboxylic acids is 1. The fourth-order valence-corrected chi connectivity index (χ4v) is 3.80. The minimum absolute atomic E-state index is 0.150. The fraction of sp³-hybridized carbons (Fsp3) is 0.350. The molecule has 6 nitrogen and oxygen atoms in total. The molecule has 0 fully saturated rings. The molecule has 2 aromatic carbocycles. The molecule has 0 saturated carbocycles. The van der Waals surface area contributed by atoms with Crippen LogP contribution in [0.5, 0.6) is 5.75 Å². The minimum atomic E-state index is -3.53. The summed E-state index contributed by atoms with van der Waals surface area (Å²) in [5.74, 6) is -0.0907. The van der Waals surface area contributed by atoms with E-state index >= 15 is 0 Å². The Balaban J connectivity index is 1.96. The smallest absolute Gasteiger partial charge is 0.232 e. The first kappa shape index (κ1) is 21.7. The summed E-state index contributed by atoms with van der Waals surface area (Å²) >= 11 is 0. The number of ether oxygens (including phenoxy) is 1. The van der Waals surface area contributed by atoms with Gasteiger partial charge in [-0.2, -0.15) is 0 Å². The van der Waals surface area contributed by atoms with E-state index in [-0.39, 0.29) is 30.7 Å². The van der Waals surface area contributed by atoms with Crippen LogP contribution in [0.25, 0.3) is 0 Å². The van der Waals surface area contributed by atoms with Gasteiger partial charge in [0.15, 0.2) is 0 Å². The first-order valence-corrected chi connectivity index (χ1v) is 10.7. The van der Waals surface area contributed by atoms with Crippen LogP contribution in [-0.4, -0.2) is 34.2 Å². The van der Waals surface area contributed by atoms with Crippen molar-refractivity contribution in [2.45, 2.75) is 25.8 Å².